The standard InChI is InChI=1S/C28H27N5O6S/c1-36-21-13-11-19(12-14-21)27(35)30-28-33-32-26(40-28)17-25(34)31-29-18-20-7-3-4-8-22(20)38-15-16-39-24-10-6-5-9-23(24)37-2/h3-14,18H,15-17H2,1-2H3,(H,31,34)(H,30,33,35). The SMILES string of the molecule is COc1ccc(C(=O)Nc2nnc(CC(=O)NN=Cc3ccccc3OCCOc3ccccc3OC)s2)cc1. The Morgan fingerprint density at radius 2 is 1.52 bits per heavy atom. The number of anilines is 1. The van der Waals surface area contributed by atoms with Crippen LogP contribution in [0.15, 0.2) is 77.9 Å². The monoisotopic (exact) mass is 561 g/mol. The van der Waals surface area contributed by atoms with Crippen molar-refractivity contribution in [1.82, 2.24) is 15.6 Å². The summed E-state index contributed by atoms with van der Waals surface area (Å²) in [5, 5.41) is 15.3. The summed E-state index contributed by atoms with van der Waals surface area (Å²) >= 11 is 1.10. The number of carbonyl (C=O) groups excluding carboxylic acids is 2. The van der Waals surface area contributed by atoms with Crippen LogP contribution in [0.4, 0.5) is 5.13 Å². The highest BCUT2D eigenvalue weighted by Gasteiger charge is 2.13. The summed E-state index contributed by atoms with van der Waals surface area (Å²) in [6.45, 7) is 0.608. The number of nitrogens with one attached hydrogen (secondary N) is 2. The van der Waals surface area contributed by atoms with Gasteiger partial charge in [-0.25, -0.2) is 5.43 Å². The number of hydrogen-bond acceptors (Lipinski definition) is 10. The largest absolute Gasteiger partial charge is 0.497 e. The molecule has 0 bridgehead atoms. The molecule has 3 aromatic carbocycles. The van der Waals surface area contributed by atoms with Gasteiger partial charge in [-0.05, 0) is 48.5 Å². The van der Waals surface area contributed by atoms with E-state index < -0.39 is 0 Å². The van der Waals surface area contributed by atoms with E-state index in [0.29, 0.717) is 52.3 Å². The first-order valence-corrected chi connectivity index (χ1v) is 12.9. The van der Waals surface area contributed by atoms with Crippen LogP contribution in [0.5, 0.6) is 23.0 Å². The molecule has 0 unspecified atom stereocenters. The summed E-state index contributed by atoms with van der Waals surface area (Å²) in [4.78, 5) is 24.7. The van der Waals surface area contributed by atoms with Crippen LogP contribution >= 0.6 is 11.3 Å². The van der Waals surface area contributed by atoms with Crippen molar-refractivity contribution in [3.63, 3.8) is 0 Å². The van der Waals surface area contributed by atoms with E-state index in [1.54, 1.807) is 44.6 Å². The molecule has 0 spiro atoms. The van der Waals surface area contributed by atoms with Crippen molar-refractivity contribution in [2.45, 2.75) is 6.42 Å². The second-order valence-electron chi connectivity index (χ2n) is 8.04. The van der Waals surface area contributed by atoms with E-state index >= 15 is 0 Å². The maximum atomic E-state index is 12.4. The lowest BCUT2D eigenvalue weighted by Gasteiger charge is -2.12. The van der Waals surface area contributed by atoms with Gasteiger partial charge in [0.25, 0.3) is 5.91 Å². The molecular weight excluding hydrogens is 534 g/mol. The van der Waals surface area contributed by atoms with Crippen molar-refractivity contribution in [2.24, 2.45) is 5.10 Å². The van der Waals surface area contributed by atoms with E-state index in [2.05, 4.69) is 26.0 Å². The Balaban J connectivity index is 1.23. The number of methoxy groups -OCH3 is 2. The fraction of sp³-hybridized carbons (Fsp3) is 0.179. The van der Waals surface area contributed by atoms with Crippen molar-refractivity contribution in [2.75, 3.05) is 32.8 Å². The average molecular weight is 562 g/mol. The predicted octanol–water partition coefficient (Wildman–Crippen LogP) is 3.96. The smallest absolute Gasteiger partial charge is 0.257 e. The fourth-order valence-electron chi connectivity index (χ4n) is 3.40. The van der Waals surface area contributed by atoms with Gasteiger partial charge < -0.3 is 18.9 Å². The normalized spacial score (nSPS) is 10.7. The van der Waals surface area contributed by atoms with Crippen LogP contribution in [0.1, 0.15) is 20.9 Å². The van der Waals surface area contributed by atoms with Gasteiger partial charge in [-0.15, -0.1) is 10.2 Å². The second-order valence-corrected chi connectivity index (χ2v) is 9.10. The van der Waals surface area contributed by atoms with E-state index in [4.69, 9.17) is 18.9 Å². The maximum Gasteiger partial charge on any atom is 0.257 e. The van der Waals surface area contributed by atoms with Crippen molar-refractivity contribution >= 4 is 34.5 Å². The number of amides is 2. The predicted molar refractivity (Wildman–Crippen MR) is 151 cm³/mol. The van der Waals surface area contributed by atoms with Gasteiger partial charge in [0, 0.05) is 11.1 Å². The third kappa shape index (κ3) is 8.01. The number of hydrogen-bond donors (Lipinski definition) is 2. The first-order chi connectivity index (χ1) is 19.6. The van der Waals surface area contributed by atoms with Crippen LogP contribution in [0.2, 0.25) is 0 Å². The molecule has 2 N–H and O–H groups in total. The summed E-state index contributed by atoms with van der Waals surface area (Å²) in [6.07, 6.45) is 1.45. The third-order valence-electron chi connectivity index (χ3n) is 5.33. The lowest BCUT2D eigenvalue weighted by molar-refractivity contribution is -0.120. The Hall–Kier alpha value is -4.97. The molecule has 0 atom stereocenters. The molecule has 206 valence electrons. The Morgan fingerprint density at radius 1 is 0.850 bits per heavy atom. The number of para-hydroxylation sites is 3. The fourth-order valence-corrected chi connectivity index (χ4v) is 4.13. The molecular formula is C28H27N5O6S. The summed E-state index contributed by atoms with van der Waals surface area (Å²) in [6, 6.07) is 21.3. The Morgan fingerprint density at radius 3 is 2.25 bits per heavy atom. The molecule has 0 aliphatic rings. The van der Waals surface area contributed by atoms with Crippen LogP contribution in [0, 0.1) is 0 Å². The topological polar surface area (TPSA) is 133 Å². The first kappa shape index (κ1) is 28.0. The molecule has 4 rings (SSSR count). The van der Waals surface area contributed by atoms with Crippen molar-refractivity contribution in [3.8, 4) is 23.0 Å². The van der Waals surface area contributed by atoms with E-state index in [-0.39, 0.29) is 23.4 Å². The highest BCUT2D eigenvalue weighted by atomic mass is 32.1. The van der Waals surface area contributed by atoms with Gasteiger partial charge in [-0.1, -0.05) is 35.6 Å². The number of nitrogens with zero attached hydrogens (tertiary/aromatic N) is 3. The summed E-state index contributed by atoms with van der Waals surface area (Å²) in [5.41, 5.74) is 3.59. The van der Waals surface area contributed by atoms with Crippen molar-refractivity contribution in [3.05, 3.63) is 88.9 Å². The minimum atomic E-state index is -0.385. The number of benzene rings is 3. The van der Waals surface area contributed by atoms with Gasteiger partial charge in [0.05, 0.1) is 26.9 Å². The maximum absolute atomic E-state index is 12.4. The molecule has 4 aromatic rings. The second kappa shape index (κ2) is 14.3. The van der Waals surface area contributed by atoms with Gasteiger partial charge in [0.15, 0.2) is 11.5 Å². The molecule has 11 nitrogen and oxygen atoms in total. The van der Waals surface area contributed by atoms with Crippen LogP contribution in [-0.4, -0.2) is 55.7 Å². The zero-order valence-corrected chi connectivity index (χ0v) is 22.6. The zero-order chi connectivity index (χ0) is 28.2. The third-order valence-corrected chi connectivity index (χ3v) is 6.17. The molecule has 0 fully saturated rings. The van der Waals surface area contributed by atoms with E-state index in [9.17, 15) is 9.59 Å². The molecule has 12 heteroatoms. The quantitative estimate of drug-likeness (QED) is 0.142. The number of aromatic nitrogens is 2. The molecule has 1 heterocycles. The van der Waals surface area contributed by atoms with E-state index in [1.165, 1.54) is 6.21 Å². The molecule has 1 aromatic heterocycles. The van der Waals surface area contributed by atoms with Crippen LogP contribution in [-0.2, 0) is 11.2 Å². The summed E-state index contributed by atoms with van der Waals surface area (Å²) in [5.74, 6) is 1.79. The Kier molecular flexibility index (Phi) is 10.00. The van der Waals surface area contributed by atoms with Gasteiger partial charge >= 0.3 is 0 Å². The number of ether oxygens (including phenoxy) is 4. The van der Waals surface area contributed by atoms with Crippen LogP contribution in [0.3, 0.4) is 0 Å². The molecule has 0 radical (unpaired) electrons. The van der Waals surface area contributed by atoms with Gasteiger partial charge in [0.1, 0.15) is 29.7 Å². The zero-order valence-electron chi connectivity index (χ0n) is 21.8. The molecule has 40 heavy (non-hydrogen) atoms. The van der Waals surface area contributed by atoms with Crippen LogP contribution < -0.4 is 29.7 Å². The number of carbonyl (C=O) groups is 2. The lowest BCUT2D eigenvalue weighted by atomic mass is 10.2. The Bertz CT molecular complexity index is 1460. The average Bonchev–Trinajstić information content (AvgIpc) is 3.42. The van der Waals surface area contributed by atoms with Crippen LogP contribution in [0.25, 0.3) is 0 Å². The number of hydrazone groups is 1. The lowest BCUT2D eigenvalue weighted by Crippen LogP contribution is -2.19. The molecule has 0 saturated carbocycles. The van der Waals surface area contributed by atoms with E-state index in [1.807, 2.05) is 42.5 Å². The highest BCUT2D eigenvalue weighted by molar-refractivity contribution is 7.15. The highest BCUT2D eigenvalue weighted by Crippen LogP contribution is 2.25. The van der Waals surface area contributed by atoms with Gasteiger partial charge in [0.2, 0.25) is 11.0 Å². The summed E-state index contributed by atoms with van der Waals surface area (Å²) in [7, 11) is 3.14. The molecule has 0 aliphatic heterocycles. The summed E-state index contributed by atoms with van der Waals surface area (Å²) < 4.78 is 21.9. The minimum absolute atomic E-state index is 0.0498. The first-order valence-electron chi connectivity index (χ1n) is 12.1. The number of rotatable bonds is 13. The Labute approximate surface area is 234 Å². The van der Waals surface area contributed by atoms with Crippen molar-refractivity contribution in [1.29, 1.82) is 0 Å². The minimum Gasteiger partial charge on any atom is -0.497 e. The van der Waals surface area contributed by atoms with Gasteiger partial charge in [-0.3, -0.25) is 14.9 Å². The molecule has 2 amide bonds. The van der Waals surface area contributed by atoms with Gasteiger partial charge in [-0.2, -0.15) is 5.10 Å². The molecule has 0 saturated heterocycles. The van der Waals surface area contributed by atoms with E-state index in [0.717, 1.165) is 11.3 Å². The molecule has 0 aliphatic carbocycles. The van der Waals surface area contributed by atoms with Crippen molar-refractivity contribution < 1.29 is 28.5 Å².